The van der Waals surface area contributed by atoms with Crippen LogP contribution in [0.2, 0.25) is 0 Å². The molecule has 0 aliphatic carbocycles. The number of carbonyl (C=O) groups is 2. The van der Waals surface area contributed by atoms with E-state index >= 15 is 0 Å². The number of amides is 2. The Morgan fingerprint density at radius 3 is 2.50 bits per heavy atom. The Labute approximate surface area is 176 Å². The number of hydrogen-bond donors (Lipinski definition) is 0. The average Bonchev–Trinajstić information content (AvgIpc) is 3.50. The monoisotopic (exact) mass is 405 g/mol. The van der Waals surface area contributed by atoms with Gasteiger partial charge in [0.05, 0.1) is 18.4 Å². The second kappa shape index (κ2) is 7.70. The van der Waals surface area contributed by atoms with Crippen LogP contribution in [0.3, 0.4) is 0 Å². The zero-order chi connectivity index (χ0) is 20.7. The van der Waals surface area contributed by atoms with Crippen LogP contribution in [0.4, 0.5) is 5.82 Å². The van der Waals surface area contributed by atoms with Gasteiger partial charge >= 0.3 is 0 Å². The van der Waals surface area contributed by atoms with Crippen molar-refractivity contribution in [3.05, 3.63) is 54.0 Å². The van der Waals surface area contributed by atoms with Crippen LogP contribution in [0, 0.1) is 11.8 Å². The first kappa shape index (κ1) is 19.0. The van der Waals surface area contributed by atoms with E-state index in [1.165, 1.54) is 5.56 Å². The predicted molar refractivity (Wildman–Crippen MR) is 113 cm³/mol. The highest BCUT2D eigenvalue weighted by atomic mass is 16.2. The van der Waals surface area contributed by atoms with Crippen molar-refractivity contribution in [2.24, 2.45) is 11.8 Å². The number of hydrogen-bond acceptors (Lipinski definition) is 5. The summed E-state index contributed by atoms with van der Waals surface area (Å²) in [5.41, 5.74) is 1.61. The summed E-state index contributed by atoms with van der Waals surface area (Å²) in [6, 6.07) is 10.4. The van der Waals surface area contributed by atoms with E-state index in [9.17, 15) is 9.59 Å². The lowest BCUT2D eigenvalue weighted by molar-refractivity contribution is -0.130. The molecule has 0 unspecified atom stereocenters. The molecule has 0 saturated carbocycles. The summed E-state index contributed by atoms with van der Waals surface area (Å²) < 4.78 is 0. The Balaban J connectivity index is 1.37. The maximum absolute atomic E-state index is 12.7. The topological polar surface area (TPSA) is 69.6 Å². The van der Waals surface area contributed by atoms with Gasteiger partial charge in [-0.3, -0.25) is 14.6 Å². The molecule has 2 amide bonds. The maximum atomic E-state index is 12.7. The van der Waals surface area contributed by atoms with Crippen LogP contribution >= 0.6 is 0 Å². The molecule has 2 aromatic rings. The van der Waals surface area contributed by atoms with E-state index in [1.54, 1.807) is 19.3 Å². The first-order valence-electron chi connectivity index (χ1n) is 10.8. The van der Waals surface area contributed by atoms with Crippen LogP contribution in [0.5, 0.6) is 0 Å². The minimum atomic E-state index is -0.0221. The summed E-state index contributed by atoms with van der Waals surface area (Å²) in [5, 5.41) is 0. The molecule has 0 spiro atoms. The predicted octanol–water partition coefficient (Wildman–Crippen LogP) is 2.37. The average molecular weight is 406 g/mol. The van der Waals surface area contributed by atoms with Gasteiger partial charge in [0.15, 0.2) is 0 Å². The third kappa shape index (κ3) is 3.32. The zero-order valence-electron chi connectivity index (χ0n) is 17.3. The van der Waals surface area contributed by atoms with Crippen LogP contribution in [0.25, 0.3) is 0 Å². The van der Waals surface area contributed by atoms with Crippen LogP contribution in [-0.2, 0) is 4.79 Å². The highest BCUT2D eigenvalue weighted by Crippen LogP contribution is 2.45. The maximum Gasteiger partial charge on any atom is 0.274 e. The number of benzene rings is 1. The summed E-state index contributed by atoms with van der Waals surface area (Å²) in [7, 11) is 0. The van der Waals surface area contributed by atoms with Crippen molar-refractivity contribution in [3.8, 4) is 0 Å². The van der Waals surface area contributed by atoms with Gasteiger partial charge in [0, 0.05) is 51.5 Å². The molecule has 3 fully saturated rings. The lowest BCUT2D eigenvalue weighted by Gasteiger charge is -2.29. The molecule has 5 rings (SSSR count). The third-order valence-corrected chi connectivity index (χ3v) is 6.77. The number of carbonyl (C=O) groups excluding carboxylic acids is 2. The van der Waals surface area contributed by atoms with Gasteiger partial charge < -0.3 is 14.7 Å². The summed E-state index contributed by atoms with van der Waals surface area (Å²) >= 11 is 0. The summed E-state index contributed by atoms with van der Waals surface area (Å²) in [4.78, 5) is 40.1. The second-order valence-corrected chi connectivity index (χ2v) is 8.62. The minimum absolute atomic E-state index is 0.0221. The van der Waals surface area contributed by atoms with Gasteiger partial charge in [-0.25, -0.2) is 4.98 Å². The molecule has 3 saturated heterocycles. The zero-order valence-corrected chi connectivity index (χ0v) is 17.3. The van der Waals surface area contributed by atoms with E-state index in [0.717, 1.165) is 51.4 Å². The van der Waals surface area contributed by atoms with Crippen molar-refractivity contribution in [3.63, 3.8) is 0 Å². The number of fused-ring (bicyclic) bond motifs is 1. The highest BCUT2D eigenvalue weighted by molar-refractivity contribution is 5.92. The van der Waals surface area contributed by atoms with Gasteiger partial charge in [0.1, 0.15) is 11.5 Å². The highest BCUT2D eigenvalue weighted by Gasteiger charge is 2.48. The minimum Gasteiger partial charge on any atom is -0.355 e. The summed E-state index contributed by atoms with van der Waals surface area (Å²) in [5.74, 6) is 1.60. The molecule has 0 bridgehead atoms. The van der Waals surface area contributed by atoms with Crippen LogP contribution in [-0.4, -0.2) is 64.3 Å². The van der Waals surface area contributed by atoms with E-state index in [0.29, 0.717) is 17.5 Å². The van der Waals surface area contributed by atoms with E-state index in [4.69, 9.17) is 0 Å². The van der Waals surface area contributed by atoms with E-state index < -0.39 is 0 Å². The Kier molecular flexibility index (Phi) is 4.89. The molecule has 3 aliphatic rings. The Hall–Kier alpha value is -2.96. The first-order chi connectivity index (χ1) is 14.6. The van der Waals surface area contributed by atoms with E-state index in [-0.39, 0.29) is 17.9 Å². The third-order valence-electron chi connectivity index (χ3n) is 6.77. The van der Waals surface area contributed by atoms with Crippen molar-refractivity contribution in [2.45, 2.75) is 25.8 Å². The van der Waals surface area contributed by atoms with Crippen molar-refractivity contribution in [1.29, 1.82) is 0 Å². The van der Waals surface area contributed by atoms with E-state index in [1.807, 2.05) is 28.0 Å². The van der Waals surface area contributed by atoms with E-state index in [2.05, 4.69) is 27.0 Å². The van der Waals surface area contributed by atoms with Gasteiger partial charge in [0.2, 0.25) is 5.91 Å². The van der Waals surface area contributed by atoms with Gasteiger partial charge in [0.25, 0.3) is 5.91 Å². The summed E-state index contributed by atoms with van der Waals surface area (Å²) in [6.45, 7) is 5.66. The number of anilines is 1. The fourth-order valence-corrected chi connectivity index (χ4v) is 5.33. The van der Waals surface area contributed by atoms with Crippen molar-refractivity contribution in [2.75, 3.05) is 37.6 Å². The van der Waals surface area contributed by atoms with Crippen LogP contribution < -0.4 is 4.90 Å². The largest absolute Gasteiger partial charge is 0.355 e. The Morgan fingerprint density at radius 2 is 1.77 bits per heavy atom. The van der Waals surface area contributed by atoms with Gasteiger partial charge in [-0.05, 0) is 18.4 Å². The quantitative estimate of drug-likeness (QED) is 0.784. The number of likely N-dealkylation sites (tertiary alicyclic amines) is 2. The normalized spacial score (nSPS) is 25.6. The molecule has 0 radical (unpaired) electrons. The lowest BCUT2D eigenvalue weighted by atomic mass is 9.89. The lowest BCUT2D eigenvalue weighted by Crippen LogP contribution is -2.35. The molecule has 7 heteroatoms. The molecule has 30 heavy (non-hydrogen) atoms. The standard InChI is InChI=1S/C23H27N5O2/c1-16(29)28-14-18-13-27(15-19(18)22(28)17-7-3-2-4-8-17)21-12-24-11-20(25-21)23(30)26-9-5-6-10-26/h2-4,7-8,11-12,18-19,22H,5-6,9-10,13-15H2,1H3/t18-,19-,22+/m1/s1. The fraction of sp³-hybridized carbons (Fsp3) is 0.478. The smallest absolute Gasteiger partial charge is 0.274 e. The number of aromatic nitrogens is 2. The van der Waals surface area contributed by atoms with Crippen LogP contribution in [0.15, 0.2) is 42.7 Å². The molecule has 0 N–H and O–H groups in total. The first-order valence-corrected chi connectivity index (χ1v) is 10.8. The summed E-state index contributed by atoms with van der Waals surface area (Å²) in [6.07, 6.45) is 5.44. The van der Waals surface area contributed by atoms with Crippen LogP contribution in [0.1, 0.15) is 41.9 Å². The van der Waals surface area contributed by atoms with Gasteiger partial charge in [-0.1, -0.05) is 30.3 Å². The SMILES string of the molecule is CC(=O)N1C[C@H]2CN(c3cncc(C(=O)N4CCCC4)n3)C[C@H]2[C@@H]1c1ccccc1. The van der Waals surface area contributed by atoms with Gasteiger partial charge in [-0.2, -0.15) is 0 Å². The molecular formula is C23H27N5O2. The molecule has 3 atom stereocenters. The number of nitrogens with zero attached hydrogens (tertiary/aromatic N) is 5. The molecule has 3 aliphatic heterocycles. The molecule has 7 nitrogen and oxygen atoms in total. The molecule has 1 aromatic heterocycles. The fourth-order valence-electron chi connectivity index (χ4n) is 5.33. The molecule has 156 valence electrons. The van der Waals surface area contributed by atoms with Crippen molar-refractivity contribution >= 4 is 17.6 Å². The Morgan fingerprint density at radius 1 is 1.00 bits per heavy atom. The molecule has 1 aromatic carbocycles. The van der Waals surface area contributed by atoms with Crippen molar-refractivity contribution < 1.29 is 9.59 Å². The van der Waals surface area contributed by atoms with Crippen molar-refractivity contribution in [1.82, 2.24) is 19.8 Å². The molecular weight excluding hydrogens is 378 g/mol. The molecule has 4 heterocycles. The number of rotatable bonds is 3. The van der Waals surface area contributed by atoms with Gasteiger partial charge in [-0.15, -0.1) is 0 Å². The Bertz CT molecular complexity index is 944. The second-order valence-electron chi connectivity index (χ2n) is 8.62.